The summed E-state index contributed by atoms with van der Waals surface area (Å²) < 4.78 is 26.1. The molecule has 1 saturated carbocycles. The van der Waals surface area contributed by atoms with Crippen LogP contribution in [0.25, 0.3) is 0 Å². The monoisotopic (exact) mass is 272 g/mol. The van der Waals surface area contributed by atoms with E-state index in [2.05, 4.69) is 9.71 Å². The van der Waals surface area contributed by atoms with Crippen molar-refractivity contribution in [3.8, 4) is 0 Å². The van der Waals surface area contributed by atoms with Crippen LogP contribution in [0.3, 0.4) is 0 Å². The molecule has 0 aliphatic heterocycles. The summed E-state index contributed by atoms with van der Waals surface area (Å²) in [4.78, 5) is 13.0. The highest BCUT2D eigenvalue weighted by Gasteiger charge is 2.21. The smallest absolute Gasteiger partial charge is 0.352 e. The number of nitrogens with one attached hydrogen (secondary N) is 2. The molecule has 0 aromatic carbocycles. The fraction of sp³-hybridized carbons (Fsp3) is 0.545. The summed E-state index contributed by atoms with van der Waals surface area (Å²) in [5.74, 6) is -0.398. The summed E-state index contributed by atoms with van der Waals surface area (Å²) >= 11 is 0. The van der Waals surface area contributed by atoms with E-state index < -0.39 is 16.0 Å². The number of sulfonamides is 1. The van der Waals surface area contributed by atoms with E-state index in [4.69, 9.17) is 5.11 Å². The minimum atomic E-state index is -3.60. The number of aromatic nitrogens is 1. The van der Waals surface area contributed by atoms with Crippen LogP contribution in [0, 0.1) is 5.92 Å². The zero-order chi connectivity index (χ0) is 13.2. The van der Waals surface area contributed by atoms with Gasteiger partial charge in [-0.15, -0.1) is 0 Å². The molecule has 1 aromatic heterocycles. The molecule has 0 radical (unpaired) electrons. The van der Waals surface area contributed by atoms with Gasteiger partial charge in [-0.25, -0.2) is 17.9 Å². The topological polar surface area (TPSA) is 99.3 Å². The minimum absolute atomic E-state index is 0.0358. The average molecular weight is 272 g/mol. The maximum Gasteiger partial charge on any atom is 0.352 e. The predicted octanol–water partition coefficient (Wildman–Crippen LogP) is 1.18. The van der Waals surface area contributed by atoms with Crippen molar-refractivity contribution in [2.24, 2.45) is 5.92 Å². The molecule has 0 unspecified atom stereocenters. The highest BCUT2D eigenvalue weighted by Crippen LogP contribution is 2.33. The lowest BCUT2D eigenvalue weighted by atomic mass is 10.2. The first-order chi connectivity index (χ1) is 8.49. The van der Waals surface area contributed by atoms with Gasteiger partial charge in [-0.05, 0) is 24.8 Å². The van der Waals surface area contributed by atoms with Gasteiger partial charge in [0, 0.05) is 12.7 Å². The maximum atomic E-state index is 11.8. The molecule has 0 atom stereocenters. The Hall–Kier alpha value is -1.34. The van der Waals surface area contributed by atoms with Crippen LogP contribution in [-0.4, -0.2) is 31.0 Å². The lowest BCUT2D eigenvalue weighted by Crippen LogP contribution is -2.24. The van der Waals surface area contributed by atoms with E-state index in [1.807, 2.05) is 0 Å². The molecule has 1 aromatic rings. The second kappa shape index (κ2) is 5.11. The Morgan fingerprint density at radius 2 is 2.22 bits per heavy atom. The number of carbonyl (C=O) groups is 1. The first kappa shape index (κ1) is 13.1. The van der Waals surface area contributed by atoms with Crippen molar-refractivity contribution in [1.29, 1.82) is 0 Å². The van der Waals surface area contributed by atoms with Crippen molar-refractivity contribution in [1.82, 2.24) is 9.71 Å². The number of hydrogen-bond donors (Lipinski definition) is 3. The van der Waals surface area contributed by atoms with Crippen molar-refractivity contribution in [3.63, 3.8) is 0 Å². The molecule has 7 heteroatoms. The standard InChI is InChI=1S/C11H16N2O4S/c14-11(15)10-6-9(7-12-10)18(16,17)13-5-1-2-8-3-4-8/h6-8,12-13H,1-5H2,(H,14,15). The number of aromatic amines is 1. The van der Waals surface area contributed by atoms with E-state index in [-0.39, 0.29) is 10.6 Å². The summed E-state index contributed by atoms with van der Waals surface area (Å²) in [6, 6.07) is 1.12. The Balaban J connectivity index is 1.89. The van der Waals surface area contributed by atoms with Gasteiger partial charge >= 0.3 is 5.97 Å². The molecule has 2 rings (SSSR count). The molecule has 18 heavy (non-hydrogen) atoms. The quantitative estimate of drug-likeness (QED) is 0.649. The second-order valence-electron chi connectivity index (χ2n) is 4.54. The van der Waals surface area contributed by atoms with Crippen molar-refractivity contribution >= 4 is 16.0 Å². The minimum Gasteiger partial charge on any atom is -0.477 e. The van der Waals surface area contributed by atoms with Gasteiger partial charge < -0.3 is 10.1 Å². The fourth-order valence-corrected chi connectivity index (χ4v) is 2.81. The SMILES string of the molecule is O=C(O)c1cc(S(=O)(=O)NCCCC2CC2)c[nH]1. The van der Waals surface area contributed by atoms with E-state index in [1.54, 1.807) is 0 Å². The Bertz CT molecular complexity index is 531. The molecule has 1 fully saturated rings. The van der Waals surface area contributed by atoms with Crippen LogP contribution < -0.4 is 4.72 Å². The number of hydrogen-bond acceptors (Lipinski definition) is 3. The first-order valence-corrected chi connectivity index (χ1v) is 7.39. The van der Waals surface area contributed by atoms with Crippen LogP contribution in [-0.2, 0) is 10.0 Å². The van der Waals surface area contributed by atoms with E-state index in [0.29, 0.717) is 6.54 Å². The van der Waals surface area contributed by atoms with Crippen molar-refractivity contribution < 1.29 is 18.3 Å². The van der Waals surface area contributed by atoms with Crippen LogP contribution in [0.4, 0.5) is 0 Å². The molecule has 0 spiro atoms. The third kappa shape index (κ3) is 3.33. The fourth-order valence-electron chi connectivity index (χ4n) is 1.74. The zero-order valence-electron chi connectivity index (χ0n) is 9.85. The number of aromatic carboxylic acids is 1. The highest BCUT2D eigenvalue weighted by molar-refractivity contribution is 7.89. The van der Waals surface area contributed by atoms with Crippen LogP contribution in [0.5, 0.6) is 0 Å². The molecule has 3 N–H and O–H groups in total. The summed E-state index contributed by atoms with van der Waals surface area (Å²) in [5, 5.41) is 8.70. The molecular formula is C11H16N2O4S. The van der Waals surface area contributed by atoms with Crippen LogP contribution in [0.1, 0.15) is 36.2 Å². The van der Waals surface area contributed by atoms with E-state index in [9.17, 15) is 13.2 Å². The largest absolute Gasteiger partial charge is 0.477 e. The summed E-state index contributed by atoms with van der Waals surface area (Å²) in [7, 11) is -3.60. The van der Waals surface area contributed by atoms with Gasteiger partial charge in [-0.2, -0.15) is 0 Å². The molecule has 6 nitrogen and oxygen atoms in total. The summed E-state index contributed by atoms with van der Waals surface area (Å²) in [6.45, 7) is 0.395. The first-order valence-electron chi connectivity index (χ1n) is 5.90. The number of rotatable bonds is 7. The Morgan fingerprint density at radius 3 is 2.78 bits per heavy atom. The highest BCUT2D eigenvalue weighted by atomic mass is 32.2. The predicted molar refractivity (Wildman–Crippen MR) is 64.9 cm³/mol. The van der Waals surface area contributed by atoms with E-state index >= 15 is 0 Å². The third-order valence-electron chi connectivity index (χ3n) is 2.98. The van der Waals surface area contributed by atoms with Crippen molar-refractivity contribution in [2.45, 2.75) is 30.6 Å². The second-order valence-corrected chi connectivity index (χ2v) is 6.30. The van der Waals surface area contributed by atoms with E-state index in [1.165, 1.54) is 19.0 Å². The van der Waals surface area contributed by atoms with E-state index in [0.717, 1.165) is 24.8 Å². The molecule has 100 valence electrons. The number of carboxylic acid groups (broad SMARTS) is 1. The van der Waals surface area contributed by atoms with Crippen molar-refractivity contribution in [3.05, 3.63) is 18.0 Å². The summed E-state index contributed by atoms with van der Waals surface area (Å²) in [5.41, 5.74) is -0.131. The molecule has 1 heterocycles. The van der Waals surface area contributed by atoms with Crippen LogP contribution in [0.2, 0.25) is 0 Å². The maximum absolute atomic E-state index is 11.8. The third-order valence-corrected chi connectivity index (χ3v) is 4.42. The van der Waals surface area contributed by atoms with Gasteiger partial charge in [0.2, 0.25) is 10.0 Å². The average Bonchev–Trinajstić information content (AvgIpc) is 2.96. The molecule has 1 aliphatic carbocycles. The summed E-state index contributed by atoms with van der Waals surface area (Å²) in [6.07, 6.45) is 5.57. The number of H-pyrrole nitrogens is 1. The van der Waals surface area contributed by atoms with Crippen LogP contribution in [0.15, 0.2) is 17.2 Å². The Labute approximate surface area is 105 Å². The molecule has 0 saturated heterocycles. The number of carboxylic acids is 1. The molecular weight excluding hydrogens is 256 g/mol. The van der Waals surface area contributed by atoms with Gasteiger partial charge in [0.1, 0.15) is 10.6 Å². The zero-order valence-corrected chi connectivity index (χ0v) is 10.7. The molecule has 0 amide bonds. The van der Waals surface area contributed by atoms with Gasteiger partial charge in [-0.1, -0.05) is 12.8 Å². The lowest BCUT2D eigenvalue weighted by Gasteiger charge is -2.03. The van der Waals surface area contributed by atoms with Gasteiger partial charge in [0.15, 0.2) is 0 Å². The van der Waals surface area contributed by atoms with Gasteiger partial charge in [-0.3, -0.25) is 0 Å². The van der Waals surface area contributed by atoms with Crippen molar-refractivity contribution in [2.75, 3.05) is 6.54 Å². The molecule has 0 bridgehead atoms. The molecule has 1 aliphatic rings. The van der Waals surface area contributed by atoms with Crippen LogP contribution >= 0.6 is 0 Å². The van der Waals surface area contributed by atoms with Gasteiger partial charge in [0.25, 0.3) is 0 Å². The lowest BCUT2D eigenvalue weighted by molar-refractivity contribution is 0.0691. The normalized spacial score (nSPS) is 15.8. The Morgan fingerprint density at radius 1 is 1.50 bits per heavy atom. The van der Waals surface area contributed by atoms with Gasteiger partial charge in [0.05, 0.1) is 0 Å². The Kier molecular flexibility index (Phi) is 3.72.